The number of benzene rings is 2. The second-order valence-corrected chi connectivity index (χ2v) is 10.4. The summed E-state index contributed by atoms with van der Waals surface area (Å²) in [5, 5.41) is 5.28. The fourth-order valence-corrected chi connectivity index (χ4v) is 6.66. The standard InChI is InChI=1S/C27H27F3N2O4/c28-27(29,30)20-7-5-19(6-8-20)21-3-1-2-4-22(21)24(34)36-15-23(33)31-25(35)32-26-12-16-9-17(13-26)11-18(10-16)14-26/h1-8,16-18H,9-15H2,(H2,31,32,33,35). The van der Waals surface area contributed by atoms with Crippen LogP contribution in [0.1, 0.15) is 54.4 Å². The predicted octanol–water partition coefficient (Wildman–Crippen LogP) is 5.32. The molecule has 9 heteroatoms. The van der Waals surface area contributed by atoms with E-state index in [0.717, 1.165) is 31.4 Å². The van der Waals surface area contributed by atoms with E-state index in [1.54, 1.807) is 18.2 Å². The zero-order valence-corrected chi connectivity index (χ0v) is 19.6. The topological polar surface area (TPSA) is 84.5 Å². The van der Waals surface area contributed by atoms with Gasteiger partial charge in [-0.15, -0.1) is 0 Å². The molecular formula is C27H27F3N2O4. The molecule has 4 bridgehead atoms. The number of alkyl halides is 3. The molecule has 6 rings (SSSR count). The number of hydrogen-bond acceptors (Lipinski definition) is 4. The Labute approximate surface area is 206 Å². The molecule has 0 aliphatic heterocycles. The van der Waals surface area contributed by atoms with Crippen molar-refractivity contribution in [2.75, 3.05) is 6.61 Å². The number of nitrogens with one attached hydrogen (secondary N) is 2. The Morgan fingerprint density at radius 2 is 1.47 bits per heavy atom. The lowest BCUT2D eigenvalue weighted by atomic mass is 9.53. The summed E-state index contributed by atoms with van der Waals surface area (Å²) in [6.45, 7) is -0.658. The van der Waals surface area contributed by atoms with Gasteiger partial charge < -0.3 is 10.1 Å². The molecule has 3 amide bonds. The lowest BCUT2D eigenvalue weighted by Crippen LogP contribution is -2.62. The first kappa shape index (κ1) is 24.3. The van der Waals surface area contributed by atoms with Crippen LogP contribution in [0.25, 0.3) is 11.1 Å². The Bertz CT molecular complexity index is 1140. The fourth-order valence-electron chi connectivity index (χ4n) is 6.66. The van der Waals surface area contributed by atoms with Crippen LogP contribution in [0.4, 0.5) is 18.0 Å². The van der Waals surface area contributed by atoms with Crippen molar-refractivity contribution in [1.82, 2.24) is 10.6 Å². The highest BCUT2D eigenvalue weighted by Gasteiger charge is 2.51. The summed E-state index contributed by atoms with van der Waals surface area (Å²) in [5.74, 6) is 0.341. The van der Waals surface area contributed by atoms with Crippen LogP contribution in [0.15, 0.2) is 48.5 Å². The first-order chi connectivity index (χ1) is 17.1. The third-order valence-corrected chi connectivity index (χ3v) is 7.67. The van der Waals surface area contributed by atoms with Gasteiger partial charge in [0.1, 0.15) is 0 Å². The van der Waals surface area contributed by atoms with E-state index in [2.05, 4.69) is 10.6 Å². The van der Waals surface area contributed by atoms with Crippen LogP contribution in [0.3, 0.4) is 0 Å². The summed E-state index contributed by atoms with van der Waals surface area (Å²) in [6.07, 6.45) is 2.04. The number of amides is 3. The number of carbonyl (C=O) groups excluding carboxylic acids is 3. The Kier molecular flexibility index (Phi) is 6.26. The van der Waals surface area contributed by atoms with E-state index in [-0.39, 0.29) is 11.1 Å². The van der Waals surface area contributed by atoms with E-state index in [4.69, 9.17) is 4.74 Å². The quantitative estimate of drug-likeness (QED) is 0.544. The van der Waals surface area contributed by atoms with Gasteiger partial charge in [-0.3, -0.25) is 10.1 Å². The maximum absolute atomic E-state index is 12.9. The van der Waals surface area contributed by atoms with Gasteiger partial charge >= 0.3 is 18.2 Å². The summed E-state index contributed by atoms with van der Waals surface area (Å²) < 4.78 is 43.7. The first-order valence-corrected chi connectivity index (χ1v) is 12.2. The highest BCUT2D eigenvalue weighted by atomic mass is 19.4. The molecular weight excluding hydrogens is 473 g/mol. The SMILES string of the molecule is O=C(COC(=O)c1ccccc1-c1ccc(C(F)(F)F)cc1)NC(=O)NC12CC3CC(CC(C3)C1)C2. The van der Waals surface area contributed by atoms with Gasteiger partial charge in [0.25, 0.3) is 5.91 Å². The number of halogens is 3. The largest absolute Gasteiger partial charge is 0.452 e. The average molecular weight is 501 g/mol. The van der Waals surface area contributed by atoms with Crippen molar-refractivity contribution in [2.45, 2.75) is 50.2 Å². The highest BCUT2D eigenvalue weighted by Crippen LogP contribution is 2.55. The number of rotatable bonds is 5. The first-order valence-electron chi connectivity index (χ1n) is 12.2. The second kappa shape index (κ2) is 9.26. The normalized spacial score (nSPS) is 26.4. The molecule has 2 N–H and O–H groups in total. The summed E-state index contributed by atoms with van der Waals surface area (Å²) >= 11 is 0. The van der Waals surface area contributed by atoms with Crippen molar-refractivity contribution in [3.63, 3.8) is 0 Å². The molecule has 0 unspecified atom stereocenters. The van der Waals surface area contributed by atoms with Crippen LogP contribution in [0.5, 0.6) is 0 Å². The van der Waals surface area contributed by atoms with Gasteiger partial charge in [-0.05, 0) is 85.6 Å². The Hall–Kier alpha value is -3.36. The minimum Gasteiger partial charge on any atom is -0.452 e. The second-order valence-electron chi connectivity index (χ2n) is 10.4. The molecule has 0 aromatic heterocycles. The van der Waals surface area contributed by atoms with Gasteiger partial charge in [0, 0.05) is 5.54 Å². The molecule has 0 atom stereocenters. The van der Waals surface area contributed by atoms with Crippen molar-refractivity contribution in [3.8, 4) is 11.1 Å². The van der Waals surface area contributed by atoms with E-state index in [1.165, 1.54) is 37.5 Å². The van der Waals surface area contributed by atoms with Crippen LogP contribution in [0.2, 0.25) is 0 Å². The third kappa shape index (κ3) is 5.10. The van der Waals surface area contributed by atoms with Crippen molar-refractivity contribution in [2.24, 2.45) is 17.8 Å². The molecule has 4 aliphatic carbocycles. The lowest BCUT2D eigenvalue weighted by molar-refractivity contribution is -0.137. The molecule has 190 valence electrons. The molecule has 36 heavy (non-hydrogen) atoms. The minimum absolute atomic E-state index is 0.100. The Morgan fingerprint density at radius 3 is 2.06 bits per heavy atom. The number of hydrogen-bond donors (Lipinski definition) is 2. The van der Waals surface area contributed by atoms with Gasteiger partial charge in [-0.2, -0.15) is 13.2 Å². The van der Waals surface area contributed by atoms with Gasteiger partial charge in [-0.25, -0.2) is 9.59 Å². The number of ether oxygens (including phenoxy) is 1. The molecule has 2 aromatic carbocycles. The van der Waals surface area contributed by atoms with Crippen LogP contribution in [-0.2, 0) is 15.7 Å². The molecule has 4 saturated carbocycles. The molecule has 4 fully saturated rings. The van der Waals surface area contributed by atoms with E-state index < -0.39 is 36.3 Å². The molecule has 2 aromatic rings. The summed E-state index contributed by atoms with van der Waals surface area (Å²) in [7, 11) is 0. The van der Waals surface area contributed by atoms with Gasteiger partial charge in [0.05, 0.1) is 11.1 Å². The fraction of sp³-hybridized carbons (Fsp3) is 0.444. The molecule has 0 heterocycles. The molecule has 0 spiro atoms. The molecule has 6 nitrogen and oxygen atoms in total. The zero-order chi connectivity index (χ0) is 25.5. The smallest absolute Gasteiger partial charge is 0.416 e. The maximum atomic E-state index is 12.9. The van der Waals surface area contributed by atoms with E-state index in [0.29, 0.717) is 28.9 Å². The summed E-state index contributed by atoms with van der Waals surface area (Å²) in [5.41, 5.74) is -0.180. The average Bonchev–Trinajstić information content (AvgIpc) is 2.81. The van der Waals surface area contributed by atoms with Crippen LogP contribution in [0, 0.1) is 17.8 Å². The van der Waals surface area contributed by atoms with Crippen LogP contribution >= 0.6 is 0 Å². The minimum atomic E-state index is -4.47. The van der Waals surface area contributed by atoms with Crippen molar-refractivity contribution < 1.29 is 32.3 Å². The summed E-state index contributed by atoms with van der Waals surface area (Å²) in [4.78, 5) is 37.5. The van der Waals surface area contributed by atoms with E-state index in [1.807, 2.05) is 0 Å². The third-order valence-electron chi connectivity index (χ3n) is 7.67. The highest BCUT2D eigenvalue weighted by molar-refractivity contribution is 6.00. The van der Waals surface area contributed by atoms with Crippen LogP contribution < -0.4 is 10.6 Å². The molecule has 0 saturated heterocycles. The van der Waals surface area contributed by atoms with E-state index in [9.17, 15) is 27.6 Å². The number of esters is 1. The van der Waals surface area contributed by atoms with Crippen molar-refractivity contribution >= 4 is 17.9 Å². The van der Waals surface area contributed by atoms with Crippen molar-refractivity contribution in [3.05, 3.63) is 59.7 Å². The lowest BCUT2D eigenvalue weighted by Gasteiger charge is -2.56. The van der Waals surface area contributed by atoms with Crippen LogP contribution in [-0.4, -0.2) is 30.1 Å². The Balaban J connectivity index is 1.17. The zero-order valence-electron chi connectivity index (χ0n) is 19.6. The Morgan fingerprint density at radius 1 is 0.889 bits per heavy atom. The number of carbonyl (C=O) groups is 3. The number of imide groups is 1. The van der Waals surface area contributed by atoms with E-state index >= 15 is 0 Å². The monoisotopic (exact) mass is 500 g/mol. The molecule has 0 radical (unpaired) electrons. The summed E-state index contributed by atoms with van der Waals surface area (Å²) in [6, 6.07) is 10.1. The maximum Gasteiger partial charge on any atom is 0.416 e. The molecule has 4 aliphatic rings. The predicted molar refractivity (Wildman–Crippen MR) is 125 cm³/mol. The van der Waals surface area contributed by atoms with Gasteiger partial charge in [-0.1, -0.05) is 30.3 Å². The van der Waals surface area contributed by atoms with Gasteiger partial charge in [0.15, 0.2) is 6.61 Å². The van der Waals surface area contributed by atoms with Gasteiger partial charge in [0.2, 0.25) is 0 Å². The number of urea groups is 1. The van der Waals surface area contributed by atoms with Crippen molar-refractivity contribution in [1.29, 1.82) is 0 Å².